The molecule has 3 nitrogen and oxygen atoms in total. The molecule has 0 bridgehead atoms. The molecule has 0 heterocycles. The molecule has 9 heavy (non-hydrogen) atoms. The molecule has 0 aromatic carbocycles. The summed E-state index contributed by atoms with van der Waals surface area (Å²) in [6, 6.07) is 0. The molecule has 3 heteroatoms. The second kappa shape index (κ2) is 3.12. The number of nitroso groups, excluding NO2 is 1. The Balaban J connectivity index is 4.39. The highest BCUT2D eigenvalue weighted by Crippen LogP contribution is 2.02. The molecular formula is C6H9NO2. The third kappa shape index (κ3) is 2.17. The van der Waals surface area contributed by atoms with Gasteiger partial charge in [-0.25, -0.2) is 0 Å². The van der Waals surface area contributed by atoms with Crippen LogP contribution in [-0.2, 0) is 4.79 Å². The van der Waals surface area contributed by atoms with Crippen molar-refractivity contribution in [2.45, 2.75) is 20.8 Å². The van der Waals surface area contributed by atoms with E-state index in [2.05, 4.69) is 5.18 Å². The maximum absolute atomic E-state index is 10.4. The number of nitrogens with zero attached hydrogens (tertiary/aromatic N) is 1. The molecule has 0 N–H and O–H groups in total. The van der Waals surface area contributed by atoms with Crippen LogP contribution in [0.2, 0.25) is 0 Å². The van der Waals surface area contributed by atoms with Crippen molar-refractivity contribution in [3.8, 4) is 0 Å². The quantitative estimate of drug-likeness (QED) is 0.397. The summed E-state index contributed by atoms with van der Waals surface area (Å²) in [4.78, 5) is 20.0. The Hall–Kier alpha value is -0.990. The van der Waals surface area contributed by atoms with Crippen molar-refractivity contribution in [2.24, 2.45) is 5.18 Å². The minimum Gasteiger partial charge on any atom is -0.264 e. The Morgan fingerprint density at radius 3 is 1.78 bits per heavy atom. The van der Waals surface area contributed by atoms with E-state index in [1.165, 1.54) is 0 Å². The normalized spacial score (nSPS) is 8.33. The minimum atomic E-state index is -0.671. The predicted octanol–water partition coefficient (Wildman–Crippen LogP) is 1.64. The Morgan fingerprint density at radius 2 is 1.67 bits per heavy atom. The molecule has 0 fully saturated rings. The van der Waals surface area contributed by atoms with Crippen LogP contribution in [0.15, 0.2) is 16.3 Å². The van der Waals surface area contributed by atoms with E-state index in [1.807, 2.05) is 0 Å². The first-order valence-electron chi connectivity index (χ1n) is 2.61. The molecule has 0 aliphatic heterocycles. The van der Waals surface area contributed by atoms with Gasteiger partial charge in [0.25, 0.3) is 0 Å². The summed E-state index contributed by atoms with van der Waals surface area (Å²) < 4.78 is 0. The van der Waals surface area contributed by atoms with Crippen molar-refractivity contribution >= 4 is 5.91 Å². The van der Waals surface area contributed by atoms with Crippen molar-refractivity contribution in [1.29, 1.82) is 0 Å². The lowest BCUT2D eigenvalue weighted by atomic mass is 10.2. The Morgan fingerprint density at radius 1 is 1.22 bits per heavy atom. The Bertz CT molecular complexity index is 166. The largest absolute Gasteiger partial charge is 0.312 e. The maximum atomic E-state index is 10.4. The Labute approximate surface area is 53.7 Å². The van der Waals surface area contributed by atoms with E-state index in [1.54, 1.807) is 20.8 Å². The molecule has 0 radical (unpaired) electrons. The van der Waals surface area contributed by atoms with E-state index in [9.17, 15) is 9.70 Å². The number of hydrogen-bond donors (Lipinski definition) is 0. The van der Waals surface area contributed by atoms with Crippen LogP contribution in [0.5, 0.6) is 0 Å². The molecule has 0 saturated carbocycles. The fourth-order valence-corrected chi connectivity index (χ4v) is 0.282. The number of rotatable bonds is 1. The van der Waals surface area contributed by atoms with Crippen molar-refractivity contribution in [3.05, 3.63) is 16.1 Å². The van der Waals surface area contributed by atoms with Gasteiger partial charge in [-0.2, -0.15) is 0 Å². The van der Waals surface area contributed by atoms with Crippen molar-refractivity contribution in [2.75, 3.05) is 0 Å². The third-order valence-corrected chi connectivity index (χ3v) is 1.15. The van der Waals surface area contributed by atoms with Crippen LogP contribution in [-0.4, -0.2) is 5.91 Å². The summed E-state index contributed by atoms with van der Waals surface area (Å²) >= 11 is 0. The van der Waals surface area contributed by atoms with E-state index >= 15 is 0 Å². The summed E-state index contributed by atoms with van der Waals surface area (Å²) in [5, 5.41) is 2.26. The van der Waals surface area contributed by atoms with Gasteiger partial charge in [-0.3, -0.25) is 4.79 Å². The van der Waals surface area contributed by atoms with E-state index in [4.69, 9.17) is 0 Å². The second-order valence-corrected chi connectivity index (χ2v) is 2.02. The lowest BCUT2D eigenvalue weighted by Gasteiger charge is -1.91. The number of carbonyl (C=O) groups excluding carboxylic acids is 1. The zero-order valence-electron chi connectivity index (χ0n) is 5.76. The monoisotopic (exact) mass is 127 g/mol. The topological polar surface area (TPSA) is 46.5 Å². The van der Waals surface area contributed by atoms with Crippen LogP contribution in [0.25, 0.3) is 0 Å². The molecule has 1 amide bonds. The van der Waals surface area contributed by atoms with Crippen LogP contribution in [0.4, 0.5) is 0 Å². The van der Waals surface area contributed by atoms with Gasteiger partial charge in [0, 0.05) is 10.7 Å². The molecule has 0 unspecified atom stereocenters. The summed E-state index contributed by atoms with van der Waals surface area (Å²) in [7, 11) is 0. The molecule has 0 saturated heterocycles. The van der Waals surface area contributed by atoms with Gasteiger partial charge in [-0.1, -0.05) is 5.57 Å². The van der Waals surface area contributed by atoms with Gasteiger partial charge in [0.15, 0.2) is 0 Å². The highest BCUT2D eigenvalue weighted by atomic mass is 16.3. The molecular weight excluding hydrogens is 118 g/mol. The molecule has 0 aromatic heterocycles. The first-order chi connectivity index (χ1) is 4.09. The van der Waals surface area contributed by atoms with Gasteiger partial charge < -0.3 is 0 Å². The first-order valence-corrected chi connectivity index (χ1v) is 2.61. The zero-order valence-corrected chi connectivity index (χ0v) is 5.76. The van der Waals surface area contributed by atoms with E-state index in [0.717, 1.165) is 5.57 Å². The molecule has 0 spiro atoms. The van der Waals surface area contributed by atoms with Crippen LogP contribution >= 0.6 is 0 Å². The highest BCUT2D eigenvalue weighted by Gasteiger charge is 2.03. The number of amides is 1. The number of carbonyl (C=O) groups is 1. The standard InChI is InChI=1S/C6H9NO2/c1-4(2)5(3)6(8)7-9/h1-3H3. The molecule has 0 aliphatic rings. The lowest BCUT2D eigenvalue weighted by Crippen LogP contribution is -1.94. The van der Waals surface area contributed by atoms with Crippen molar-refractivity contribution in [3.63, 3.8) is 0 Å². The average molecular weight is 127 g/mol. The SMILES string of the molecule is CC(C)=C(C)C(=O)N=O. The highest BCUT2D eigenvalue weighted by molar-refractivity contribution is 5.93. The van der Waals surface area contributed by atoms with Gasteiger partial charge >= 0.3 is 5.91 Å². The van der Waals surface area contributed by atoms with Crippen LogP contribution in [0, 0.1) is 4.91 Å². The van der Waals surface area contributed by atoms with Gasteiger partial charge in [0.05, 0.1) is 0 Å². The molecule has 0 aromatic rings. The molecule has 0 aliphatic carbocycles. The van der Waals surface area contributed by atoms with Crippen LogP contribution < -0.4 is 0 Å². The summed E-state index contributed by atoms with van der Waals surface area (Å²) in [5.74, 6) is -0.671. The van der Waals surface area contributed by atoms with Crippen molar-refractivity contribution in [1.82, 2.24) is 0 Å². The summed E-state index contributed by atoms with van der Waals surface area (Å²) in [6.07, 6.45) is 0. The number of allylic oxidation sites excluding steroid dienone is 1. The summed E-state index contributed by atoms with van der Waals surface area (Å²) in [5.41, 5.74) is 1.27. The first kappa shape index (κ1) is 8.01. The van der Waals surface area contributed by atoms with Crippen LogP contribution in [0.1, 0.15) is 20.8 Å². The Kier molecular flexibility index (Phi) is 2.78. The fourth-order valence-electron chi connectivity index (χ4n) is 0.282. The zero-order chi connectivity index (χ0) is 7.44. The molecule has 50 valence electrons. The van der Waals surface area contributed by atoms with Gasteiger partial charge in [0.2, 0.25) is 0 Å². The van der Waals surface area contributed by atoms with Crippen LogP contribution in [0.3, 0.4) is 0 Å². The van der Waals surface area contributed by atoms with Gasteiger partial charge in [-0.05, 0) is 20.8 Å². The second-order valence-electron chi connectivity index (χ2n) is 2.02. The smallest absolute Gasteiger partial charge is 0.264 e. The third-order valence-electron chi connectivity index (χ3n) is 1.15. The predicted molar refractivity (Wildman–Crippen MR) is 34.9 cm³/mol. The van der Waals surface area contributed by atoms with E-state index in [-0.39, 0.29) is 0 Å². The fraction of sp³-hybridized carbons (Fsp3) is 0.500. The summed E-state index contributed by atoms with van der Waals surface area (Å²) in [6.45, 7) is 5.11. The van der Waals surface area contributed by atoms with Gasteiger partial charge in [0.1, 0.15) is 0 Å². The lowest BCUT2D eigenvalue weighted by molar-refractivity contribution is -0.114. The minimum absolute atomic E-state index is 0.435. The molecule has 0 atom stereocenters. The molecule has 0 rings (SSSR count). The van der Waals surface area contributed by atoms with E-state index in [0.29, 0.717) is 5.57 Å². The van der Waals surface area contributed by atoms with Crippen molar-refractivity contribution < 1.29 is 4.79 Å². The van der Waals surface area contributed by atoms with E-state index < -0.39 is 5.91 Å². The maximum Gasteiger partial charge on any atom is 0.312 e. The number of hydrogen-bond acceptors (Lipinski definition) is 2. The van der Waals surface area contributed by atoms with Gasteiger partial charge in [-0.15, -0.1) is 4.91 Å². The average Bonchev–Trinajstić information content (AvgIpc) is 1.84.